The zero-order chi connectivity index (χ0) is 22.0. The van der Waals surface area contributed by atoms with Crippen LogP contribution in [-0.4, -0.2) is 67.8 Å². The molecular weight excluding hydrogens is 412 g/mol. The van der Waals surface area contributed by atoms with Crippen molar-refractivity contribution in [1.82, 2.24) is 14.2 Å². The number of hydrogen-bond acceptors (Lipinski definition) is 5. The van der Waals surface area contributed by atoms with Crippen LogP contribution in [0.25, 0.3) is 0 Å². The molecule has 1 aromatic heterocycles. The predicted octanol–water partition coefficient (Wildman–Crippen LogP) is 2.71. The molecule has 0 radical (unpaired) electrons. The number of carbonyl (C=O) groups is 1. The van der Waals surface area contributed by atoms with Crippen LogP contribution in [0.3, 0.4) is 0 Å². The first-order valence-corrected chi connectivity index (χ1v) is 12.3. The molecular formula is C23H30N4O3S. The molecule has 2 fully saturated rings. The Balaban J connectivity index is 1.41. The quantitative estimate of drug-likeness (QED) is 0.728. The summed E-state index contributed by atoms with van der Waals surface area (Å²) in [6.45, 7) is 7.95. The molecule has 3 heterocycles. The number of amides is 1. The number of nitrogens with zero attached hydrogens (tertiary/aromatic N) is 4. The number of anilines is 1. The summed E-state index contributed by atoms with van der Waals surface area (Å²) in [7, 11) is -3.54. The molecule has 0 N–H and O–H groups in total. The van der Waals surface area contributed by atoms with Gasteiger partial charge in [0, 0.05) is 51.0 Å². The molecule has 2 aliphatic rings. The molecule has 0 spiro atoms. The van der Waals surface area contributed by atoms with Crippen LogP contribution < -0.4 is 4.90 Å². The number of hydrogen-bond donors (Lipinski definition) is 0. The largest absolute Gasteiger partial charge is 0.353 e. The summed E-state index contributed by atoms with van der Waals surface area (Å²) in [6, 6.07) is 12.2. The molecule has 2 unspecified atom stereocenters. The minimum absolute atomic E-state index is 0.0650. The van der Waals surface area contributed by atoms with E-state index in [2.05, 4.69) is 23.7 Å². The van der Waals surface area contributed by atoms with E-state index in [4.69, 9.17) is 0 Å². The lowest BCUT2D eigenvalue weighted by Crippen LogP contribution is -2.49. The van der Waals surface area contributed by atoms with E-state index in [0.717, 1.165) is 25.3 Å². The SMILES string of the molecule is CC1CC(C)CN(S(=O)(=O)c2ccc(C(=O)N3CCN(c4ccccn4)CC3)cc2)C1. The van der Waals surface area contributed by atoms with Crippen LogP contribution in [0.2, 0.25) is 0 Å². The van der Waals surface area contributed by atoms with Gasteiger partial charge < -0.3 is 9.80 Å². The fraction of sp³-hybridized carbons (Fsp3) is 0.478. The fourth-order valence-electron chi connectivity index (χ4n) is 4.58. The summed E-state index contributed by atoms with van der Waals surface area (Å²) in [6.07, 6.45) is 2.82. The number of pyridine rings is 1. The first-order valence-electron chi connectivity index (χ1n) is 10.9. The number of rotatable bonds is 4. The average Bonchev–Trinajstić information content (AvgIpc) is 2.79. The lowest BCUT2D eigenvalue weighted by atomic mass is 9.94. The minimum Gasteiger partial charge on any atom is -0.353 e. The fourth-order valence-corrected chi connectivity index (χ4v) is 6.26. The second-order valence-corrected chi connectivity index (χ2v) is 10.7. The normalized spacial score (nSPS) is 23.0. The summed E-state index contributed by atoms with van der Waals surface area (Å²) in [5, 5.41) is 0. The van der Waals surface area contributed by atoms with Gasteiger partial charge in [0.25, 0.3) is 5.91 Å². The Morgan fingerprint density at radius 2 is 1.58 bits per heavy atom. The lowest BCUT2D eigenvalue weighted by molar-refractivity contribution is 0.0746. The van der Waals surface area contributed by atoms with Gasteiger partial charge in [0.1, 0.15) is 5.82 Å². The van der Waals surface area contributed by atoms with Crippen molar-refractivity contribution < 1.29 is 13.2 Å². The second kappa shape index (κ2) is 8.96. The summed E-state index contributed by atoms with van der Waals surface area (Å²) in [5.74, 6) is 1.56. The zero-order valence-corrected chi connectivity index (χ0v) is 19.0. The molecule has 2 aliphatic heterocycles. The number of aromatic nitrogens is 1. The van der Waals surface area contributed by atoms with E-state index < -0.39 is 10.0 Å². The van der Waals surface area contributed by atoms with Crippen molar-refractivity contribution in [2.45, 2.75) is 25.2 Å². The third-order valence-electron chi connectivity index (χ3n) is 6.11. The summed E-state index contributed by atoms with van der Waals surface area (Å²) < 4.78 is 27.7. The van der Waals surface area contributed by atoms with Crippen molar-refractivity contribution in [2.75, 3.05) is 44.2 Å². The molecule has 31 heavy (non-hydrogen) atoms. The van der Waals surface area contributed by atoms with Gasteiger partial charge in [0.05, 0.1) is 4.90 Å². The number of piperazine rings is 1. The molecule has 0 aliphatic carbocycles. The highest BCUT2D eigenvalue weighted by Crippen LogP contribution is 2.27. The van der Waals surface area contributed by atoms with Crippen LogP contribution in [0.1, 0.15) is 30.6 Å². The second-order valence-electron chi connectivity index (χ2n) is 8.76. The maximum Gasteiger partial charge on any atom is 0.253 e. The van der Waals surface area contributed by atoms with Crippen LogP contribution in [0.15, 0.2) is 53.6 Å². The summed E-state index contributed by atoms with van der Waals surface area (Å²) >= 11 is 0. The Hall–Kier alpha value is -2.45. The van der Waals surface area contributed by atoms with Crippen LogP contribution in [-0.2, 0) is 10.0 Å². The van der Waals surface area contributed by atoms with Crippen molar-refractivity contribution in [1.29, 1.82) is 0 Å². The maximum atomic E-state index is 13.1. The molecule has 2 atom stereocenters. The van der Waals surface area contributed by atoms with Gasteiger partial charge in [-0.1, -0.05) is 19.9 Å². The Morgan fingerprint density at radius 1 is 0.935 bits per heavy atom. The predicted molar refractivity (Wildman–Crippen MR) is 120 cm³/mol. The standard InChI is InChI=1S/C23H30N4O3S/c1-18-15-19(2)17-27(16-18)31(29,30)21-8-6-20(7-9-21)23(28)26-13-11-25(12-14-26)22-5-3-4-10-24-22/h3-10,18-19H,11-17H2,1-2H3. The Morgan fingerprint density at radius 3 is 2.16 bits per heavy atom. The van der Waals surface area contributed by atoms with E-state index in [1.54, 1.807) is 34.8 Å². The summed E-state index contributed by atoms with van der Waals surface area (Å²) in [5.41, 5.74) is 0.519. The van der Waals surface area contributed by atoms with E-state index in [1.165, 1.54) is 0 Å². The van der Waals surface area contributed by atoms with Crippen LogP contribution in [0, 0.1) is 11.8 Å². The minimum atomic E-state index is -3.54. The van der Waals surface area contributed by atoms with E-state index >= 15 is 0 Å². The molecule has 1 amide bonds. The molecule has 1 aromatic carbocycles. The highest BCUT2D eigenvalue weighted by atomic mass is 32.2. The van der Waals surface area contributed by atoms with Crippen molar-refractivity contribution >= 4 is 21.7 Å². The summed E-state index contributed by atoms with van der Waals surface area (Å²) in [4.78, 5) is 21.5. The molecule has 2 saturated heterocycles. The zero-order valence-electron chi connectivity index (χ0n) is 18.1. The monoisotopic (exact) mass is 442 g/mol. The van der Waals surface area contributed by atoms with E-state index in [0.29, 0.717) is 43.6 Å². The van der Waals surface area contributed by atoms with E-state index in [9.17, 15) is 13.2 Å². The first kappa shape index (κ1) is 21.8. The molecule has 4 rings (SSSR count). The third kappa shape index (κ3) is 4.75. The van der Waals surface area contributed by atoms with Gasteiger partial charge in [-0.25, -0.2) is 13.4 Å². The lowest BCUT2D eigenvalue weighted by Gasteiger charge is -2.35. The third-order valence-corrected chi connectivity index (χ3v) is 7.96. The molecule has 0 bridgehead atoms. The highest BCUT2D eigenvalue weighted by Gasteiger charge is 2.32. The van der Waals surface area contributed by atoms with Crippen LogP contribution in [0.5, 0.6) is 0 Å². The van der Waals surface area contributed by atoms with E-state index in [-0.39, 0.29) is 10.8 Å². The van der Waals surface area contributed by atoms with Crippen molar-refractivity contribution in [3.63, 3.8) is 0 Å². The van der Waals surface area contributed by atoms with Crippen LogP contribution in [0.4, 0.5) is 5.82 Å². The average molecular weight is 443 g/mol. The number of piperidine rings is 1. The molecule has 2 aromatic rings. The Kier molecular flexibility index (Phi) is 6.29. The van der Waals surface area contributed by atoms with Crippen molar-refractivity contribution in [2.24, 2.45) is 11.8 Å². The molecule has 8 heteroatoms. The molecule has 7 nitrogen and oxygen atoms in total. The van der Waals surface area contributed by atoms with Gasteiger partial charge in [-0.3, -0.25) is 4.79 Å². The van der Waals surface area contributed by atoms with Gasteiger partial charge in [-0.2, -0.15) is 4.31 Å². The number of benzene rings is 1. The van der Waals surface area contributed by atoms with Crippen molar-refractivity contribution in [3.8, 4) is 0 Å². The van der Waals surface area contributed by atoms with Gasteiger partial charge in [-0.15, -0.1) is 0 Å². The molecule has 0 saturated carbocycles. The van der Waals surface area contributed by atoms with Gasteiger partial charge in [-0.05, 0) is 54.7 Å². The smallest absolute Gasteiger partial charge is 0.253 e. The highest BCUT2D eigenvalue weighted by molar-refractivity contribution is 7.89. The first-order chi connectivity index (χ1) is 14.8. The number of carbonyl (C=O) groups excluding carboxylic acids is 1. The van der Waals surface area contributed by atoms with Gasteiger partial charge >= 0.3 is 0 Å². The van der Waals surface area contributed by atoms with Crippen molar-refractivity contribution in [3.05, 3.63) is 54.2 Å². The Bertz CT molecular complexity index is 993. The maximum absolute atomic E-state index is 13.1. The topological polar surface area (TPSA) is 73.8 Å². The van der Waals surface area contributed by atoms with Crippen LogP contribution >= 0.6 is 0 Å². The molecule has 166 valence electrons. The number of sulfonamides is 1. The van der Waals surface area contributed by atoms with E-state index in [1.807, 2.05) is 23.1 Å². The Labute approximate surface area is 184 Å². The van der Waals surface area contributed by atoms with Gasteiger partial charge in [0.2, 0.25) is 10.0 Å². The van der Waals surface area contributed by atoms with Gasteiger partial charge in [0.15, 0.2) is 0 Å².